The third kappa shape index (κ3) is 3.85. The summed E-state index contributed by atoms with van der Waals surface area (Å²) in [7, 11) is 0. The number of para-hydroxylation sites is 1. The number of hydrogen-bond acceptors (Lipinski definition) is 2. The predicted molar refractivity (Wildman–Crippen MR) is 178 cm³/mol. The lowest BCUT2D eigenvalue weighted by Gasteiger charge is -2.26. The molecular formula is C38H28N2S. The number of thiophene rings is 1. The van der Waals surface area contributed by atoms with Crippen molar-refractivity contribution in [2.75, 3.05) is 4.90 Å². The molecule has 0 saturated heterocycles. The van der Waals surface area contributed by atoms with Gasteiger partial charge in [0.2, 0.25) is 0 Å². The first kappa shape index (κ1) is 24.0. The molecule has 0 N–H and O–H groups in total. The highest BCUT2D eigenvalue weighted by atomic mass is 32.1. The summed E-state index contributed by atoms with van der Waals surface area (Å²) in [5.41, 5.74) is 9.57. The van der Waals surface area contributed by atoms with E-state index in [1.807, 2.05) is 11.3 Å². The van der Waals surface area contributed by atoms with Crippen LogP contribution < -0.4 is 4.90 Å². The second kappa shape index (κ2) is 9.36. The van der Waals surface area contributed by atoms with E-state index in [4.69, 9.17) is 0 Å². The van der Waals surface area contributed by atoms with E-state index >= 15 is 0 Å². The summed E-state index contributed by atoms with van der Waals surface area (Å²) in [6.07, 6.45) is 0. The van der Waals surface area contributed by atoms with E-state index in [1.54, 1.807) is 0 Å². The van der Waals surface area contributed by atoms with Crippen LogP contribution in [0.4, 0.5) is 17.1 Å². The van der Waals surface area contributed by atoms with Crippen LogP contribution in [0.15, 0.2) is 133 Å². The number of fused-ring (bicyclic) bond motifs is 6. The minimum atomic E-state index is 1.15. The maximum atomic E-state index is 2.43. The average Bonchev–Trinajstić information content (AvgIpc) is 3.55. The first-order chi connectivity index (χ1) is 20.2. The van der Waals surface area contributed by atoms with Crippen LogP contribution in [0.25, 0.3) is 47.7 Å². The molecule has 8 rings (SSSR count). The molecule has 0 saturated carbocycles. The highest BCUT2D eigenvalue weighted by Gasteiger charge is 2.21. The van der Waals surface area contributed by atoms with E-state index in [2.05, 4.69) is 157 Å². The SMILES string of the molecule is Cc1ccc(N(c2ccc(C)cc2)c2cccc3c2c2ccccc2n3-c2ccc3sc4ccccc4c3c2)cc1. The van der Waals surface area contributed by atoms with Crippen LogP contribution in [0.2, 0.25) is 0 Å². The van der Waals surface area contributed by atoms with Crippen LogP contribution in [0.5, 0.6) is 0 Å². The van der Waals surface area contributed by atoms with Gasteiger partial charge in [0.1, 0.15) is 0 Å². The van der Waals surface area contributed by atoms with Gasteiger partial charge < -0.3 is 9.47 Å². The maximum absolute atomic E-state index is 2.43. The fourth-order valence-corrected chi connectivity index (χ4v) is 7.22. The Hall–Kier alpha value is -4.86. The smallest absolute Gasteiger partial charge is 0.0562 e. The molecule has 0 radical (unpaired) electrons. The Labute approximate surface area is 243 Å². The highest BCUT2D eigenvalue weighted by Crippen LogP contribution is 2.44. The fourth-order valence-electron chi connectivity index (χ4n) is 6.13. The first-order valence-electron chi connectivity index (χ1n) is 14.0. The average molecular weight is 545 g/mol. The van der Waals surface area contributed by atoms with Gasteiger partial charge in [0.25, 0.3) is 0 Å². The lowest BCUT2D eigenvalue weighted by atomic mass is 10.1. The minimum Gasteiger partial charge on any atom is -0.310 e. The number of aromatic nitrogens is 1. The van der Waals surface area contributed by atoms with E-state index in [0.29, 0.717) is 0 Å². The van der Waals surface area contributed by atoms with Crippen molar-refractivity contribution in [2.24, 2.45) is 0 Å². The third-order valence-electron chi connectivity index (χ3n) is 8.12. The van der Waals surface area contributed by atoms with Crippen LogP contribution in [0.3, 0.4) is 0 Å². The van der Waals surface area contributed by atoms with Crippen LogP contribution >= 0.6 is 11.3 Å². The van der Waals surface area contributed by atoms with Gasteiger partial charge in [0.05, 0.1) is 16.7 Å². The second-order valence-corrected chi connectivity index (χ2v) is 11.9. The third-order valence-corrected chi connectivity index (χ3v) is 9.27. The van der Waals surface area contributed by atoms with Crippen molar-refractivity contribution in [2.45, 2.75) is 13.8 Å². The van der Waals surface area contributed by atoms with Crippen molar-refractivity contribution >= 4 is 70.4 Å². The minimum absolute atomic E-state index is 1.15. The van der Waals surface area contributed by atoms with Crippen LogP contribution in [-0.4, -0.2) is 4.57 Å². The molecular weight excluding hydrogens is 516 g/mol. The molecule has 0 aliphatic heterocycles. The molecule has 2 aromatic heterocycles. The van der Waals surface area contributed by atoms with Crippen molar-refractivity contribution in [3.05, 3.63) is 145 Å². The van der Waals surface area contributed by atoms with Gasteiger partial charge in [-0.25, -0.2) is 0 Å². The van der Waals surface area contributed by atoms with Crippen molar-refractivity contribution in [1.82, 2.24) is 4.57 Å². The normalized spacial score (nSPS) is 11.7. The Morgan fingerprint density at radius 3 is 1.85 bits per heavy atom. The summed E-state index contributed by atoms with van der Waals surface area (Å²) >= 11 is 1.86. The van der Waals surface area contributed by atoms with Crippen LogP contribution in [0.1, 0.15) is 11.1 Å². The van der Waals surface area contributed by atoms with E-state index in [1.165, 1.54) is 64.5 Å². The Balaban J connectivity index is 1.43. The summed E-state index contributed by atoms with van der Waals surface area (Å²) in [4.78, 5) is 2.40. The predicted octanol–water partition coefficient (Wildman–Crippen LogP) is 11.2. The van der Waals surface area contributed by atoms with E-state index in [0.717, 1.165) is 11.4 Å². The Kier molecular flexibility index (Phi) is 5.48. The molecule has 0 amide bonds. The lowest BCUT2D eigenvalue weighted by molar-refractivity contribution is 1.18. The van der Waals surface area contributed by atoms with Gasteiger partial charge in [-0.1, -0.05) is 77.9 Å². The molecule has 0 bridgehead atoms. The number of rotatable bonds is 4. The monoisotopic (exact) mass is 544 g/mol. The van der Waals surface area contributed by atoms with Gasteiger partial charge in [-0.05, 0) is 80.6 Å². The molecule has 0 unspecified atom stereocenters. The highest BCUT2D eigenvalue weighted by molar-refractivity contribution is 7.25. The fraction of sp³-hybridized carbons (Fsp3) is 0.0526. The molecule has 0 atom stereocenters. The zero-order valence-electron chi connectivity index (χ0n) is 23.0. The zero-order valence-corrected chi connectivity index (χ0v) is 23.8. The molecule has 0 aliphatic rings. The van der Waals surface area contributed by atoms with Crippen LogP contribution in [-0.2, 0) is 0 Å². The van der Waals surface area contributed by atoms with E-state index in [9.17, 15) is 0 Å². The zero-order chi connectivity index (χ0) is 27.5. The number of hydrogen-bond donors (Lipinski definition) is 0. The molecule has 3 heteroatoms. The van der Waals surface area contributed by atoms with Crippen molar-refractivity contribution in [1.29, 1.82) is 0 Å². The van der Waals surface area contributed by atoms with Crippen molar-refractivity contribution in [3.8, 4) is 5.69 Å². The van der Waals surface area contributed by atoms with E-state index < -0.39 is 0 Å². The Bertz CT molecular complexity index is 2170. The van der Waals surface area contributed by atoms with E-state index in [-0.39, 0.29) is 0 Å². The summed E-state index contributed by atoms with van der Waals surface area (Å²) < 4.78 is 5.08. The van der Waals surface area contributed by atoms with Gasteiger partial charge in [-0.15, -0.1) is 11.3 Å². The van der Waals surface area contributed by atoms with Crippen LogP contribution in [0, 0.1) is 13.8 Å². The van der Waals surface area contributed by atoms with Gasteiger partial charge in [-0.2, -0.15) is 0 Å². The standard InChI is InChI=1S/C38H28N2S/c1-25-14-18-27(19-15-25)39(28-20-16-26(2)17-21-28)34-11-7-12-35-38(34)31-9-3-5-10-33(31)40(35)29-22-23-37-32(24-29)30-8-4-6-13-36(30)41-37/h3-24H,1-2H3. The molecule has 8 aromatic rings. The lowest BCUT2D eigenvalue weighted by Crippen LogP contribution is -2.10. The van der Waals surface area contributed by atoms with Crippen molar-refractivity contribution < 1.29 is 0 Å². The number of anilines is 3. The number of aryl methyl sites for hydroxylation is 2. The Morgan fingerprint density at radius 1 is 0.512 bits per heavy atom. The molecule has 0 fully saturated rings. The molecule has 2 heterocycles. The largest absolute Gasteiger partial charge is 0.310 e. The van der Waals surface area contributed by atoms with Crippen molar-refractivity contribution in [3.63, 3.8) is 0 Å². The van der Waals surface area contributed by atoms with Gasteiger partial charge in [0.15, 0.2) is 0 Å². The van der Waals surface area contributed by atoms with Gasteiger partial charge in [-0.3, -0.25) is 0 Å². The Morgan fingerprint density at radius 2 is 1.12 bits per heavy atom. The molecule has 6 aromatic carbocycles. The summed E-state index contributed by atoms with van der Waals surface area (Å²) in [6, 6.07) is 48.8. The number of benzene rings is 6. The summed E-state index contributed by atoms with van der Waals surface area (Å²) in [5, 5.41) is 5.13. The second-order valence-electron chi connectivity index (χ2n) is 10.8. The maximum Gasteiger partial charge on any atom is 0.0562 e. The quantitative estimate of drug-likeness (QED) is 0.214. The molecule has 2 nitrogen and oxygen atoms in total. The molecule has 0 aliphatic carbocycles. The summed E-state index contributed by atoms with van der Waals surface area (Å²) in [6.45, 7) is 4.28. The topological polar surface area (TPSA) is 8.17 Å². The molecule has 41 heavy (non-hydrogen) atoms. The first-order valence-corrected chi connectivity index (χ1v) is 14.8. The summed E-state index contributed by atoms with van der Waals surface area (Å²) in [5.74, 6) is 0. The van der Waals surface area contributed by atoms with Gasteiger partial charge >= 0.3 is 0 Å². The van der Waals surface area contributed by atoms with Gasteiger partial charge in [0, 0.05) is 48.0 Å². The number of nitrogens with zero attached hydrogens (tertiary/aromatic N) is 2. The molecule has 0 spiro atoms. The molecule has 196 valence electrons.